The van der Waals surface area contributed by atoms with E-state index >= 15 is 0 Å². The number of alkyl halides is 3. The van der Waals surface area contributed by atoms with E-state index < -0.39 is 25.3 Å². The van der Waals surface area contributed by atoms with Gasteiger partial charge >= 0.3 is 6.18 Å². The number of ether oxygens (including phenoxy) is 2. The number of carbonyl (C=O) groups excluding carboxylic acids is 2. The van der Waals surface area contributed by atoms with Crippen molar-refractivity contribution in [2.45, 2.75) is 19.5 Å². The van der Waals surface area contributed by atoms with Gasteiger partial charge in [0.15, 0.2) is 19.0 Å². The fourth-order valence-electron chi connectivity index (χ4n) is 2.16. The predicted octanol–water partition coefficient (Wildman–Crippen LogP) is 4.89. The van der Waals surface area contributed by atoms with Crippen molar-refractivity contribution in [3.05, 3.63) is 53.1 Å². The third-order valence-electron chi connectivity index (χ3n) is 3.47. The van der Waals surface area contributed by atoms with Gasteiger partial charge in [0.2, 0.25) is 0 Å². The zero-order chi connectivity index (χ0) is 20.7. The van der Waals surface area contributed by atoms with Crippen molar-refractivity contribution < 1.29 is 32.2 Å². The molecule has 1 amide bonds. The molecular formula is C19H17ClF3NO4. The van der Waals surface area contributed by atoms with Gasteiger partial charge in [-0.2, -0.15) is 13.2 Å². The first-order chi connectivity index (χ1) is 13.2. The number of nitrogens with one attached hydrogen (secondary N) is 1. The third-order valence-corrected chi connectivity index (χ3v) is 3.71. The van der Waals surface area contributed by atoms with Crippen LogP contribution in [0.4, 0.5) is 18.9 Å². The van der Waals surface area contributed by atoms with Crippen molar-refractivity contribution in [1.82, 2.24) is 0 Å². The normalized spacial score (nSPS) is 11.0. The lowest BCUT2D eigenvalue weighted by Gasteiger charge is -2.14. The number of rotatable bonds is 8. The highest BCUT2D eigenvalue weighted by molar-refractivity contribution is 6.31. The molecule has 0 heterocycles. The summed E-state index contributed by atoms with van der Waals surface area (Å²) in [6.07, 6.45) is -4.14. The Morgan fingerprint density at radius 3 is 2.36 bits per heavy atom. The van der Waals surface area contributed by atoms with Crippen LogP contribution in [0.2, 0.25) is 5.02 Å². The number of hydrogen-bond acceptors (Lipinski definition) is 4. The molecule has 0 aliphatic rings. The maximum Gasteiger partial charge on any atom is 0.422 e. The number of ketones is 1. The van der Waals surface area contributed by atoms with E-state index in [2.05, 4.69) is 5.32 Å². The van der Waals surface area contributed by atoms with Gasteiger partial charge in [0.25, 0.3) is 5.91 Å². The molecule has 1 N–H and O–H groups in total. The average molecular weight is 416 g/mol. The number of carbonyl (C=O) groups is 2. The molecule has 5 nitrogen and oxygen atoms in total. The standard InChI is InChI=1S/C19H17ClF3NO4/c1-2-16(25)12-3-6-14(7-4-12)27-10-18(26)24-15-9-13(20)5-8-17(15)28-11-19(21,22)23/h3-9H,2,10-11H2,1H3,(H,24,26). The molecule has 0 radical (unpaired) electrons. The third kappa shape index (κ3) is 6.77. The Hall–Kier alpha value is -2.74. The average Bonchev–Trinajstić information content (AvgIpc) is 2.65. The van der Waals surface area contributed by atoms with Gasteiger partial charge in [0.05, 0.1) is 5.69 Å². The largest absolute Gasteiger partial charge is 0.484 e. The lowest BCUT2D eigenvalue weighted by molar-refractivity contribution is -0.153. The zero-order valence-electron chi connectivity index (χ0n) is 14.8. The Balaban J connectivity index is 1.97. The van der Waals surface area contributed by atoms with Gasteiger partial charge in [-0.05, 0) is 42.5 Å². The number of Topliss-reactive ketones (excluding diaryl/α,β-unsaturated/α-hetero) is 1. The lowest BCUT2D eigenvalue weighted by Crippen LogP contribution is -2.22. The first-order valence-electron chi connectivity index (χ1n) is 8.23. The summed E-state index contributed by atoms with van der Waals surface area (Å²) in [6.45, 7) is -0.150. The number of halogens is 4. The smallest absolute Gasteiger partial charge is 0.422 e. The van der Waals surface area contributed by atoms with Crippen molar-refractivity contribution in [3.63, 3.8) is 0 Å². The quantitative estimate of drug-likeness (QED) is 0.623. The molecule has 0 saturated heterocycles. The van der Waals surface area contributed by atoms with E-state index in [1.807, 2.05) is 0 Å². The molecule has 0 aliphatic heterocycles. The fourth-order valence-corrected chi connectivity index (χ4v) is 2.33. The fraction of sp³-hybridized carbons (Fsp3) is 0.263. The van der Waals surface area contributed by atoms with Gasteiger partial charge < -0.3 is 14.8 Å². The second-order valence-corrected chi connectivity index (χ2v) is 6.12. The topological polar surface area (TPSA) is 64.6 Å². The Bertz CT molecular complexity index is 838. The molecule has 0 spiro atoms. The van der Waals surface area contributed by atoms with Crippen molar-refractivity contribution in [1.29, 1.82) is 0 Å². The molecule has 0 bridgehead atoms. The van der Waals surface area contributed by atoms with Crippen LogP contribution in [0.15, 0.2) is 42.5 Å². The van der Waals surface area contributed by atoms with E-state index in [1.54, 1.807) is 31.2 Å². The molecule has 0 saturated carbocycles. The summed E-state index contributed by atoms with van der Waals surface area (Å²) in [5.74, 6) is -0.440. The van der Waals surface area contributed by atoms with Crippen LogP contribution in [0.25, 0.3) is 0 Å². The molecule has 0 unspecified atom stereocenters. The van der Waals surface area contributed by atoms with E-state index in [0.29, 0.717) is 17.7 Å². The summed E-state index contributed by atoms with van der Waals surface area (Å²) in [5, 5.41) is 2.62. The number of benzene rings is 2. The molecule has 9 heteroatoms. The minimum absolute atomic E-state index is 0.00533. The van der Waals surface area contributed by atoms with Crippen LogP contribution < -0.4 is 14.8 Å². The Kier molecular flexibility index (Phi) is 7.28. The number of amides is 1. The number of hydrogen-bond donors (Lipinski definition) is 1. The molecule has 150 valence electrons. The minimum atomic E-state index is -4.52. The molecule has 2 aromatic rings. The van der Waals surface area contributed by atoms with E-state index in [9.17, 15) is 22.8 Å². The summed E-state index contributed by atoms with van der Waals surface area (Å²) in [5.41, 5.74) is 0.527. The van der Waals surface area contributed by atoms with E-state index in [4.69, 9.17) is 21.1 Å². The minimum Gasteiger partial charge on any atom is -0.484 e. The summed E-state index contributed by atoms with van der Waals surface area (Å²) in [6, 6.07) is 10.1. The van der Waals surface area contributed by atoms with Crippen molar-refractivity contribution >= 4 is 29.0 Å². The van der Waals surface area contributed by atoms with Gasteiger partial charge in [-0.15, -0.1) is 0 Å². The molecular weight excluding hydrogens is 399 g/mol. The molecule has 2 rings (SSSR count). The van der Waals surface area contributed by atoms with Crippen LogP contribution in [0.5, 0.6) is 11.5 Å². The highest BCUT2D eigenvalue weighted by Crippen LogP contribution is 2.29. The molecule has 0 atom stereocenters. The SMILES string of the molecule is CCC(=O)c1ccc(OCC(=O)Nc2cc(Cl)ccc2OCC(F)(F)F)cc1. The molecule has 2 aromatic carbocycles. The van der Waals surface area contributed by atoms with Crippen LogP contribution in [-0.2, 0) is 4.79 Å². The molecule has 0 fully saturated rings. The van der Waals surface area contributed by atoms with Gasteiger partial charge in [0.1, 0.15) is 11.5 Å². The Morgan fingerprint density at radius 2 is 1.75 bits per heavy atom. The second kappa shape index (κ2) is 9.45. The van der Waals surface area contributed by atoms with E-state index in [-0.39, 0.29) is 22.2 Å². The van der Waals surface area contributed by atoms with Crippen molar-refractivity contribution in [2.75, 3.05) is 18.5 Å². The van der Waals surface area contributed by atoms with Gasteiger partial charge in [-0.1, -0.05) is 18.5 Å². The van der Waals surface area contributed by atoms with Crippen molar-refractivity contribution in [2.24, 2.45) is 0 Å². The molecule has 0 aromatic heterocycles. The predicted molar refractivity (Wildman–Crippen MR) is 98.2 cm³/mol. The maximum absolute atomic E-state index is 12.3. The highest BCUT2D eigenvalue weighted by atomic mass is 35.5. The van der Waals surface area contributed by atoms with Gasteiger partial charge in [-0.3, -0.25) is 9.59 Å². The monoisotopic (exact) mass is 415 g/mol. The van der Waals surface area contributed by atoms with Gasteiger partial charge in [0, 0.05) is 17.0 Å². The van der Waals surface area contributed by atoms with Crippen LogP contribution in [-0.4, -0.2) is 31.1 Å². The summed E-state index contributed by atoms with van der Waals surface area (Å²) < 4.78 is 47.0. The Morgan fingerprint density at radius 1 is 1.07 bits per heavy atom. The molecule has 28 heavy (non-hydrogen) atoms. The maximum atomic E-state index is 12.3. The lowest BCUT2D eigenvalue weighted by atomic mass is 10.1. The van der Waals surface area contributed by atoms with Crippen molar-refractivity contribution in [3.8, 4) is 11.5 Å². The second-order valence-electron chi connectivity index (χ2n) is 5.68. The van der Waals surface area contributed by atoms with Crippen LogP contribution in [0.3, 0.4) is 0 Å². The Labute approximate surface area is 164 Å². The van der Waals surface area contributed by atoms with Crippen LogP contribution in [0.1, 0.15) is 23.7 Å². The summed E-state index contributed by atoms with van der Waals surface area (Å²) >= 11 is 5.83. The van der Waals surface area contributed by atoms with E-state index in [0.717, 1.165) is 0 Å². The summed E-state index contributed by atoms with van der Waals surface area (Å²) in [4.78, 5) is 23.6. The van der Waals surface area contributed by atoms with Crippen LogP contribution >= 0.6 is 11.6 Å². The van der Waals surface area contributed by atoms with Crippen LogP contribution in [0, 0.1) is 0 Å². The molecule has 0 aliphatic carbocycles. The van der Waals surface area contributed by atoms with E-state index in [1.165, 1.54) is 18.2 Å². The van der Waals surface area contributed by atoms with Gasteiger partial charge in [-0.25, -0.2) is 0 Å². The summed E-state index contributed by atoms with van der Waals surface area (Å²) in [7, 11) is 0. The number of anilines is 1. The first-order valence-corrected chi connectivity index (χ1v) is 8.60. The highest BCUT2D eigenvalue weighted by Gasteiger charge is 2.29. The zero-order valence-corrected chi connectivity index (χ0v) is 15.6. The first kappa shape index (κ1) is 21.6.